The number of hydrogen-bond donors (Lipinski definition) is 1. The molecule has 1 fully saturated rings. The fourth-order valence-electron chi connectivity index (χ4n) is 2.72. The van der Waals surface area contributed by atoms with Gasteiger partial charge in [-0.05, 0) is 30.7 Å². The fraction of sp³-hybridized carbons (Fsp3) is 0.400. The molecule has 0 spiro atoms. The number of halogens is 1. The first-order valence-electron chi connectivity index (χ1n) is 7.51. The second-order valence-corrected chi connectivity index (χ2v) is 8.95. The first kappa shape index (κ1) is 17.1. The summed E-state index contributed by atoms with van der Waals surface area (Å²) in [6.45, 7) is 0. The van der Waals surface area contributed by atoms with Crippen molar-refractivity contribution in [3.8, 4) is 0 Å². The third-order valence-corrected chi connectivity index (χ3v) is 6.26. The van der Waals surface area contributed by atoms with Crippen LogP contribution in [-0.2, 0) is 19.4 Å². The highest BCUT2D eigenvalue weighted by Gasteiger charge is 2.37. The third-order valence-electron chi connectivity index (χ3n) is 3.98. The Labute approximate surface area is 148 Å². The molecule has 1 aromatic rings. The molecule has 9 heteroatoms. The maximum Gasteiger partial charge on any atom is 0.271 e. The number of carbonyl (C=O) groups excluding carboxylic acids is 2. The van der Waals surface area contributed by atoms with Crippen LogP contribution >= 0.6 is 15.9 Å². The molecule has 1 aromatic carbocycles. The van der Waals surface area contributed by atoms with Crippen LogP contribution in [0.5, 0.6) is 0 Å². The van der Waals surface area contributed by atoms with Crippen molar-refractivity contribution >= 4 is 49.0 Å². The van der Waals surface area contributed by atoms with Gasteiger partial charge in [0.15, 0.2) is 9.84 Å². The van der Waals surface area contributed by atoms with Gasteiger partial charge < -0.3 is 5.32 Å². The van der Waals surface area contributed by atoms with Gasteiger partial charge in [-0.2, -0.15) is 5.10 Å². The van der Waals surface area contributed by atoms with Crippen LogP contribution in [0.1, 0.15) is 19.3 Å². The minimum absolute atomic E-state index is 0.0530. The van der Waals surface area contributed by atoms with E-state index in [1.54, 1.807) is 24.3 Å². The van der Waals surface area contributed by atoms with Gasteiger partial charge in [0.1, 0.15) is 5.71 Å². The lowest BCUT2D eigenvalue weighted by Crippen LogP contribution is -2.42. The number of rotatable bonds is 3. The van der Waals surface area contributed by atoms with Crippen LogP contribution in [0.2, 0.25) is 0 Å². The zero-order valence-electron chi connectivity index (χ0n) is 12.7. The van der Waals surface area contributed by atoms with Gasteiger partial charge >= 0.3 is 0 Å². The zero-order chi connectivity index (χ0) is 17.3. The van der Waals surface area contributed by atoms with Crippen LogP contribution in [0.3, 0.4) is 0 Å². The van der Waals surface area contributed by atoms with E-state index in [-0.39, 0.29) is 41.9 Å². The number of anilines is 1. The molecule has 0 unspecified atom stereocenters. The smallest absolute Gasteiger partial charge is 0.271 e. The van der Waals surface area contributed by atoms with E-state index in [2.05, 4.69) is 26.3 Å². The maximum atomic E-state index is 12.3. The van der Waals surface area contributed by atoms with Gasteiger partial charge in [0.2, 0.25) is 5.91 Å². The van der Waals surface area contributed by atoms with Crippen molar-refractivity contribution in [2.24, 2.45) is 5.10 Å². The summed E-state index contributed by atoms with van der Waals surface area (Å²) in [4.78, 5) is 24.4. The van der Waals surface area contributed by atoms with Crippen molar-refractivity contribution in [3.63, 3.8) is 0 Å². The molecule has 128 valence electrons. The van der Waals surface area contributed by atoms with Gasteiger partial charge in [-0.3, -0.25) is 9.59 Å². The van der Waals surface area contributed by atoms with E-state index in [0.717, 1.165) is 4.47 Å². The summed E-state index contributed by atoms with van der Waals surface area (Å²) in [7, 11) is -3.13. The third kappa shape index (κ3) is 3.84. The number of hydrogen-bond acceptors (Lipinski definition) is 5. The average molecular weight is 414 g/mol. The van der Waals surface area contributed by atoms with Crippen LogP contribution in [0.4, 0.5) is 5.69 Å². The highest BCUT2D eigenvalue weighted by molar-refractivity contribution is 9.10. The monoisotopic (exact) mass is 413 g/mol. The van der Waals surface area contributed by atoms with E-state index in [0.29, 0.717) is 12.1 Å². The predicted molar refractivity (Wildman–Crippen MR) is 93.3 cm³/mol. The lowest BCUT2D eigenvalue weighted by molar-refractivity contribution is -0.133. The van der Waals surface area contributed by atoms with Crippen LogP contribution in [0.25, 0.3) is 0 Å². The van der Waals surface area contributed by atoms with Gasteiger partial charge in [0.05, 0.1) is 17.5 Å². The highest BCUT2D eigenvalue weighted by Crippen LogP contribution is 2.22. The molecular weight excluding hydrogens is 398 g/mol. The Kier molecular flexibility index (Phi) is 4.73. The molecule has 2 amide bonds. The molecule has 0 bridgehead atoms. The number of sulfone groups is 1. The summed E-state index contributed by atoms with van der Waals surface area (Å²) < 4.78 is 24.1. The van der Waals surface area contributed by atoms with Gasteiger partial charge in [0, 0.05) is 23.0 Å². The summed E-state index contributed by atoms with van der Waals surface area (Å²) in [6, 6.07) is 6.63. The minimum atomic E-state index is -3.13. The van der Waals surface area contributed by atoms with E-state index in [9.17, 15) is 18.0 Å². The van der Waals surface area contributed by atoms with Gasteiger partial charge in [-0.1, -0.05) is 15.9 Å². The lowest BCUT2D eigenvalue weighted by atomic mass is 10.1. The molecule has 3 rings (SSSR count). The van der Waals surface area contributed by atoms with Gasteiger partial charge in [0.25, 0.3) is 5.91 Å². The summed E-state index contributed by atoms with van der Waals surface area (Å²) in [5, 5.41) is 8.06. The van der Waals surface area contributed by atoms with Crippen LogP contribution in [-0.4, -0.2) is 48.5 Å². The van der Waals surface area contributed by atoms with Crippen molar-refractivity contribution in [1.29, 1.82) is 0 Å². The molecule has 24 heavy (non-hydrogen) atoms. The maximum absolute atomic E-state index is 12.3. The number of nitrogens with one attached hydrogen (secondary N) is 1. The van der Waals surface area contributed by atoms with Crippen molar-refractivity contribution in [2.45, 2.75) is 25.3 Å². The van der Waals surface area contributed by atoms with E-state index < -0.39 is 15.9 Å². The Bertz CT molecular complexity index is 805. The molecule has 1 atom stereocenters. The number of nitrogens with zero attached hydrogens (tertiary/aromatic N) is 2. The second-order valence-electron chi connectivity index (χ2n) is 5.80. The molecule has 2 aliphatic rings. The molecule has 2 heterocycles. The number of benzene rings is 1. The lowest BCUT2D eigenvalue weighted by Gasteiger charge is -2.27. The standard InChI is InChI=1S/C15H16BrN3O4S/c16-10-1-3-11(4-2-10)17-15(21)13-5-6-14(20)19(18-13)12-7-8-24(22,23)9-12/h1-4,12H,5-9H2,(H,17,21)/t12-/m1/s1. The van der Waals surface area contributed by atoms with Gasteiger partial charge in [-0.25, -0.2) is 13.4 Å². The Hall–Kier alpha value is -1.74. The van der Waals surface area contributed by atoms with Gasteiger partial charge in [-0.15, -0.1) is 0 Å². The first-order chi connectivity index (χ1) is 11.3. The van der Waals surface area contributed by atoms with Crippen LogP contribution in [0, 0.1) is 0 Å². The number of carbonyl (C=O) groups is 2. The Morgan fingerprint density at radius 1 is 1.25 bits per heavy atom. The number of amides is 2. The average Bonchev–Trinajstić information content (AvgIpc) is 2.90. The topological polar surface area (TPSA) is 95.9 Å². The van der Waals surface area contributed by atoms with Crippen molar-refractivity contribution in [1.82, 2.24) is 5.01 Å². The molecule has 0 saturated carbocycles. The second kappa shape index (κ2) is 6.64. The van der Waals surface area contributed by atoms with Crippen LogP contribution < -0.4 is 5.32 Å². The SMILES string of the molecule is O=C(Nc1ccc(Br)cc1)C1=NN([C@@H]2CCS(=O)(=O)C2)C(=O)CC1. The van der Waals surface area contributed by atoms with E-state index in [1.807, 2.05) is 0 Å². The van der Waals surface area contributed by atoms with E-state index in [1.165, 1.54) is 5.01 Å². The van der Waals surface area contributed by atoms with E-state index in [4.69, 9.17) is 0 Å². The van der Waals surface area contributed by atoms with Crippen molar-refractivity contribution < 1.29 is 18.0 Å². The summed E-state index contributed by atoms with van der Waals surface area (Å²) >= 11 is 3.32. The Morgan fingerprint density at radius 3 is 2.58 bits per heavy atom. The van der Waals surface area contributed by atoms with Crippen LogP contribution in [0.15, 0.2) is 33.8 Å². The zero-order valence-corrected chi connectivity index (χ0v) is 15.1. The fourth-order valence-corrected chi connectivity index (χ4v) is 4.68. The summed E-state index contributed by atoms with van der Waals surface area (Å²) in [6.07, 6.45) is 0.763. The summed E-state index contributed by atoms with van der Waals surface area (Å²) in [5.74, 6) is -0.658. The summed E-state index contributed by atoms with van der Waals surface area (Å²) in [5.41, 5.74) is 0.861. The van der Waals surface area contributed by atoms with Crippen molar-refractivity contribution in [3.05, 3.63) is 28.7 Å². The molecule has 0 aromatic heterocycles. The Morgan fingerprint density at radius 2 is 1.96 bits per heavy atom. The largest absolute Gasteiger partial charge is 0.321 e. The molecule has 0 aliphatic carbocycles. The number of hydrazone groups is 1. The minimum Gasteiger partial charge on any atom is -0.321 e. The molecule has 1 saturated heterocycles. The Balaban J connectivity index is 1.75. The highest BCUT2D eigenvalue weighted by atomic mass is 79.9. The molecule has 2 aliphatic heterocycles. The molecule has 0 radical (unpaired) electrons. The predicted octanol–water partition coefficient (Wildman–Crippen LogP) is 1.55. The normalized spacial score (nSPS) is 23.0. The first-order valence-corrected chi connectivity index (χ1v) is 10.1. The van der Waals surface area contributed by atoms with Crippen molar-refractivity contribution in [2.75, 3.05) is 16.8 Å². The molecular formula is C15H16BrN3O4S. The molecule has 1 N–H and O–H groups in total. The quantitative estimate of drug-likeness (QED) is 0.812. The molecule has 7 nitrogen and oxygen atoms in total. The van der Waals surface area contributed by atoms with E-state index >= 15 is 0 Å².